The van der Waals surface area contributed by atoms with Gasteiger partial charge < -0.3 is 14.2 Å². The fourth-order valence-electron chi connectivity index (χ4n) is 2.30. The fourth-order valence-corrected chi connectivity index (χ4v) is 2.30. The third kappa shape index (κ3) is 5.57. The van der Waals surface area contributed by atoms with Crippen molar-refractivity contribution in [3.8, 4) is 23.0 Å². The van der Waals surface area contributed by atoms with Crippen molar-refractivity contribution in [3.05, 3.63) is 84.4 Å². The van der Waals surface area contributed by atoms with Crippen LogP contribution in [0.4, 0.5) is 0 Å². The average molecular weight is 334 g/mol. The van der Waals surface area contributed by atoms with Crippen molar-refractivity contribution in [1.82, 2.24) is 0 Å². The number of para-hydroxylation sites is 1. The molecule has 3 aromatic rings. The summed E-state index contributed by atoms with van der Waals surface area (Å²) in [5, 5.41) is 0. The molecule has 3 aromatic carbocycles. The van der Waals surface area contributed by atoms with E-state index in [-0.39, 0.29) is 0 Å². The van der Waals surface area contributed by atoms with Crippen LogP contribution >= 0.6 is 0 Å². The maximum atomic E-state index is 5.76. The van der Waals surface area contributed by atoms with E-state index in [2.05, 4.69) is 6.92 Å². The average Bonchev–Trinajstić information content (AvgIpc) is 2.65. The first-order valence-electron chi connectivity index (χ1n) is 8.45. The summed E-state index contributed by atoms with van der Waals surface area (Å²) in [7, 11) is 0. The summed E-state index contributed by atoms with van der Waals surface area (Å²) in [4.78, 5) is 0. The second-order valence-electron chi connectivity index (χ2n) is 5.75. The lowest BCUT2D eigenvalue weighted by Gasteiger charge is -2.09. The number of ether oxygens (including phenoxy) is 3. The van der Waals surface area contributed by atoms with Crippen molar-refractivity contribution < 1.29 is 14.2 Å². The van der Waals surface area contributed by atoms with Crippen molar-refractivity contribution in [1.29, 1.82) is 0 Å². The molecule has 25 heavy (non-hydrogen) atoms. The quantitative estimate of drug-likeness (QED) is 0.499. The Kier molecular flexibility index (Phi) is 5.94. The van der Waals surface area contributed by atoms with Gasteiger partial charge in [-0.15, -0.1) is 0 Å². The van der Waals surface area contributed by atoms with Crippen LogP contribution in [-0.2, 0) is 0 Å². The van der Waals surface area contributed by atoms with Crippen LogP contribution in [0.15, 0.2) is 78.9 Å². The van der Waals surface area contributed by atoms with Gasteiger partial charge in [-0.3, -0.25) is 0 Å². The highest BCUT2D eigenvalue weighted by Crippen LogP contribution is 2.23. The predicted molar refractivity (Wildman–Crippen MR) is 99.7 cm³/mol. The minimum absolute atomic E-state index is 0.616. The Labute approximate surface area is 148 Å². The van der Waals surface area contributed by atoms with E-state index in [0.717, 1.165) is 29.4 Å². The highest BCUT2D eigenvalue weighted by Gasteiger charge is 1.99. The zero-order valence-electron chi connectivity index (χ0n) is 14.4. The molecule has 0 atom stereocenters. The zero-order chi connectivity index (χ0) is 17.3. The van der Waals surface area contributed by atoms with Gasteiger partial charge in [0.1, 0.15) is 23.0 Å². The standard InChI is InChI=1S/C22H22O3/c1-18-8-10-19(11-9-18)23-16-5-17-24-20-12-14-22(15-13-20)25-21-6-3-2-4-7-21/h2-4,6-15H,5,16-17H2,1H3. The molecule has 3 heteroatoms. The topological polar surface area (TPSA) is 27.7 Å². The van der Waals surface area contributed by atoms with Gasteiger partial charge in [-0.05, 0) is 55.5 Å². The second kappa shape index (κ2) is 8.78. The molecule has 0 spiro atoms. The molecule has 0 saturated heterocycles. The highest BCUT2D eigenvalue weighted by molar-refractivity contribution is 5.35. The molecule has 0 aliphatic heterocycles. The molecule has 0 fully saturated rings. The first-order chi connectivity index (χ1) is 12.3. The molecule has 0 bridgehead atoms. The van der Waals surface area contributed by atoms with Crippen LogP contribution in [0.25, 0.3) is 0 Å². The van der Waals surface area contributed by atoms with Gasteiger partial charge in [-0.1, -0.05) is 35.9 Å². The Balaban J connectivity index is 1.38. The third-order valence-corrected chi connectivity index (χ3v) is 3.65. The molecule has 0 heterocycles. The number of aryl methyl sites for hydroxylation is 1. The Morgan fingerprint density at radius 1 is 0.560 bits per heavy atom. The second-order valence-corrected chi connectivity index (χ2v) is 5.75. The van der Waals surface area contributed by atoms with Crippen LogP contribution < -0.4 is 14.2 Å². The van der Waals surface area contributed by atoms with Gasteiger partial charge in [0.25, 0.3) is 0 Å². The van der Waals surface area contributed by atoms with Gasteiger partial charge >= 0.3 is 0 Å². The van der Waals surface area contributed by atoms with Gasteiger partial charge in [0.15, 0.2) is 0 Å². The van der Waals surface area contributed by atoms with Crippen LogP contribution in [0.2, 0.25) is 0 Å². The molecule has 3 rings (SSSR count). The van der Waals surface area contributed by atoms with Gasteiger partial charge in [0, 0.05) is 6.42 Å². The molecule has 128 valence electrons. The summed E-state index contributed by atoms with van der Waals surface area (Å²) in [6.07, 6.45) is 0.830. The summed E-state index contributed by atoms with van der Waals surface area (Å²) in [5.41, 5.74) is 1.23. The van der Waals surface area contributed by atoms with Crippen molar-refractivity contribution in [3.63, 3.8) is 0 Å². The molecular weight excluding hydrogens is 312 g/mol. The molecule has 0 saturated carbocycles. The Morgan fingerprint density at radius 2 is 1.04 bits per heavy atom. The van der Waals surface area contributed by atoms with Crippen LogP contribution in [0.3, 0.4) is 0 Å². The smallest absolute Gasteiger partial charge is 0.127 e. The van der Waals surface area contributed by atoms with Gasteiger partial charge in [0.2, 0.25) is 0 Å². The molecule has 0 radical (unpaired) electrons. The molecular formula is C22H22O3. The Morgan fingerprint density at radius 3 is 1.64 bits per heavy atom. The third-order valence-electron chi connectivity index (χ3n) is 3.65. The van der Waals surface area contributed by atoms with E-state index >= 15 is 0 Å². The summed E-state index contributed by atoms with van der Waals surface area (Å²) in [6.45, 7) is 3.32. The maximum Gasteiger partial charge on any atom is 0.127 e. The maximum absolute atomic E-state index is 5.76. The lowest BCUT2D eigenvalue weighted by Crippen LogP contribution is -2.04. The van der Waals surface area contributed by atoms with Crippen molar-refractivity contribution in [2.75, 3.05) is 13.2 Å². The monoisotopic (exact) mass is 334 g/mol. The molecule has 0 aliphatic rings. The van der Waals surface area contributed by atoms with Crippen molar-refractivity contribution >= 4 is 0 Å². The van der Waals surface area contributed by atoms with E-state index in [1.54, 1.807) is 0 Å². The Bertz CT molecular complexity index is 750. The number of hydrogen-bond donors (Lipinski definition) is 0. The first kappa shape index (κ1) is 16.9. The lowest BCUT2D eigenvalue weighted by atomic mass is 10.2. The Hall–Kier alpha value is -2.94. The summed E-state index contributed by atoms with van der Waals surface area (Å²) >= 11 is 0. The molecule has 3 nitrogen and oxygen atoms in total. The van der Waals surface area contributed by atoms with E-state index in [9.17, 15) is 0 Å². The number of rotatable bonds is 8. The number of hydrogen-bond acceptors (Lipinski definition) is 3. The predicted octanol–water partition coefficient (Wildman–Crippen LogP) is 5.64. The minimum atomic E-state index is 0.616. The lowest BCUT2D eigenvalue weighted by molar-refractivity contribution is 0.247. The van der Waals surface area contributed by atoms with Crippen molar-refractivity contribution in [2.45, 2.75) is 13.3 Å². The molecule has 0 unspecified atom stereocenters. The molecule has 0 N–H and O–H groups in total. The van der Waals surface area contributed by atoms with E-state index in [1.165, 1.54) is 5.56 Å². The number of benzene rings is 3. The van der Waals surface area contributed by atoms with Gasteiger partial charge in [-0.2, -0.15) is 0 Å². The minimum Gasteiger partial charge on any atom is -0.493 e. The molecule has 0 aromatic heterocycles. The summed E-state index contributed by atoms with van der Waals surface area (Å²) in [5.74, 6) is 3.34. The van der Waals surface area contributed by atoms with Crippen LogP contribution in [0.1, 0.15) is 12.0 Å². The summed E-state index contributed by atoms with van der Waals surface area (Å²) in [6, 6.07) is 25.4. The van der Waals surface area contributed by atoms with E-state index < -0.39 is 0 Å². The van der Waals surface area contributed by atoms with E-state index in [1.807, 2.05) is 78.9 Å². The summed E-state index contributed by atoms with van der Waals surface area (Å²) < 4.78 is 17.2. The van der Waals surface area contributed by atoms with Crippen LogP contribution in [0.5, 0.6) is 23.0 Å². The largest absolute Gasteiger partial charge is 0.493 e. The van der Waals surface area contributed by atoms with Crippen LogP contribution in [0, 0.1) is 6.92 Å². The molecule has 0 amide bonds. The van der Waals surface area contributed by atoms with Crippen molar-refractivity contribution in [2.24, 2.45) is 0 Å². The van der Waals surface area contributed by atoms with E-state index in [4.69, 9.17) is 14.2 Å². The highest BCUT2D eigenvalue weighted by atomic mass is 16.5. The fraction of sp³-hybridized carbons (Fsp3) is 0.182. The SMILES string of the molecule is Cc1ccc(OCCCOc2ccc(Oc3ccccc3)cc2)cc1. The zero-order valence-corrected chi connectivity index (χ0v) is 14.4. The van der Waals surface area contributed by atoms with E-state index in [0.29, 0.717) is 13.2 Å². The van der Waals surface area contributed by atoms with Gasteiger partial charge in [0.05, 0.1) is 13.2 Å². The van der Waals surface area contributed by atoms with Crippen LogP contribution in [-0.4, -0.2) is 13.2 Å². The first-order valence-corrected chi connectivity index (χ1v) is 8.45. The molecule has 0 aliphatic carbocycles. The van der Waals surface area contributed by atoms with Gasteiger partial charge in [-0.25, -0.2) is 0 Å². The normalized spacial score (nSPS) is 10.3.